The molecule has 0 aromatic heterocycles. The molecule has 0 unspecified atom stereocenters. The number of Topliss-reactive ketones (excluding diaryl/α,β-unsaturated/α-hetero) is 2. The lowest BCUT2D eigenvalue weighted by Crippen LogP contribution is -2.60. The van der Waals surface area contributed by atoms with Gasteiger partial charge in [0, 0.05) is 30.3 Å². The van der Waals surface area contributed by atoms with Crippen molar-refractivity contribution in [1.82, 2.24) is 10.2 Å². The number of likely N-dealkylation sites (N-methyl/N-ethyl adjacent to an activating group) is 1. The van der Waals surface area contributed by atoms with Gasteiger partial charge in [0.25, 0.3) is 0 Å². The van der Waals surface area contributed by atoms with E-state index in [4.69, 9.17) is 18.9 Å². The number of carbonyl (C=O) groups excluding carboxylic acids is 3. The number of benzene rings is 1. The number of hydrogen-bond donors (Lipinski definition) is 4. The van der Waals surface area contributed by atoms with Crippen LogP contribution in [0.25, 0.3) is 0 Å². The number of aliphatic hydroxyl groups is 3. The van der Waals surface area contributed by atoms with Gasteiger partial charge < -0.3 is 44.5 Å². The zero-order chi connectivity index (χ0) is 38.3. The van der Waals surface area contributed by atoms with Crippen LogP contribution in [0.2, 0.25) is 0 Å². The molecule has 290 valence electrons. The third-order valence-corrected chi connectivity index (χ3v) is 11.0. The molecule has 0 spiro atoms. The van der Waals surface area contributed by atoms with E-state index in [2.05, 4.69) is 17.4 Å². The molecule has 1 aromatic carbocycles. The Bertz CT molecular complexity index is 1280. The van der Waals surface area contributed by atoms with Crippen molar-refractivity contribution in [3.8, 4) is 0 Å². The summed E-state index contributed by atoms with van der Waals surface area (Å²) in [6, 6.07) is 9.80. The summed E-state index contributed by atoms with van der Waals surface area (Å²) in [4.78, 5) is 43.6. The van der Waals surface area contributed by atoms with Crippen LogP contribution in [-0.4, -0.2) is 126 Å². The van der Waals surface area contributed by atoms with Crippen LogP contribution in [0.4, 0.5) is 0 Å². The highest BCUT2D eigenvalue weighted by molar-refractivity contribution is 6.00. The molecule has 2 heterocycles. The van der Waals surface area contributed by atoms with Crippen molar-refractivity contribution in [3.05, 3.63) is 35.9 Å². The number of ether oxygens (including phenoxy) is 4. The molecule has 2 aliphatic heterocycles. The van der Waals surface area contributed by atoms with Gasteiger partial charge in [-0.15, -0.1) is 0 Å². The van der Waals surface area contributed by atoms with Gasteiger partial charge in [0.15, 0.2) is 12.1 Å². The van der Waals surface area contributed by atoms with Crippen LogP contribution in [0, 0.1) is 23.7 Å². The molecule has 12 nitrogen and oxygen atoms in total. The van der Waals surface area contributed by atoms with Crippen LogP contribution in [-0.2, 0) is 39.8 Å². The first-order valence-corrected chi connectivity index (χ1v) is 18.6. The Kier molecular flexibility index (Phi) is 15.8. The predicted octanol–water partition coefficient (Wildman–Crippen LogP) is 2.93. The normalized spacial score (nSPS) is 39.1. The summed E-state index contributed by atoms with van der Waals surface area (Å²) in [5, 5.41) is 37.6. The zero-order valence-electron chi connectivity index (χ0n) is 32.3. The SMILES string of the molecule is CC[C@H]1OC(=O)[C@H](C)C(=O)[C@H](C)[C@@H](O[C@@H]2O[C@H](C)C[C@H](N(C)C)[C@H]2O)[C@](C)(OCCNCCc2ccccc2)C[C@@H](C)C(=O)[C@H](C)[C@@H](O)[C@]1(C)O. The average Bonchev–Trinajstić information content (AvgIpc) is 3.09. The van der Waals surface area contributed by atoms with Gasteiger partial charge in [0.05, 0.1) is 30.5 Å². The first-order valence-electron chi connectivity index (χ1n) is 18.6. The van der Waals surface area contributed by atoms with Crippen LogP contribution in [0.3, 0.4) is 0 Å². The lowest BCUT2D eigenvalue weighted by Gasteiger charge is -2.47. The van der Waals surface area contributed by atoms with Crippen molar-refractivity contribution < 1.29 is 48.7 Å². The van der Waals surface area contributed by atoms with Gasteiger partial charge in [-0.25, -0.2) is 0 Å². The summed E-state index contributed by atoms with van der Waals surface area (Å²) >= 11 is 0. The van der Waals surface area contributed by atoms with Gasteiger partial charge in [0.1, 0.15) is 29.5 Å². The molecule has 2 fully saturated rings. The second kappa shape index (κ2) is 18.6. The number of cyclic esters (lactones) is 1. The van der Waals surface area contributed by atoms with E-state index in [9.17, 15) is 29.7 Å². The van der Waals surface area contributed by atoms with Crippen LogP contribution in [0.5, 0.6) is 0 Å². The van der Waals surface area contributed by atoms with Crippen LogP contribution < -0.4 is 5.32 Å². The Morgan fingerprint density at radius 2 is 1.61 bits per heavy atom. The Hall–Kier alpha value is -2.29. The quantitative estimate of drug-likeness (QED) is 0.150. The third kappa shape index (κ3) is 10.7. The van der Waals surface area contributed by atoms with Gasteiger partial charge >= 0.3 is 5.97 Å². The number of nitrogens with zero attached hydrogens (tertiary/aromatic N) is 1. The molecule has 13 atom stereocenters. The van der Waals surface area contributed by atoms with E-state index in [1.165, 1.54) is 19.4 Å². The smallest absolute Gasteiger partial charge is 0.316 e. The number of rotatable bonds is 11. The summed E-state index contributed by atoms with van der Waals surface area (Å²) in [5.41, 5.74) is -2.10. The monoisotopic (exact) mass is 720 g/mol. The van der Waals surface area contributed by atoms with Crippen molar-refractivity contribution in [2.24, 2.45) is 23.7 Å². The Morgan fingerprint density at radius 3 is 2.22 bits per heavy atom. The number of carbonyl (C=O) groups is 3. The van der Waals surface area contributed by atoms with Crippen LogP contribution in [0.1, 0.15) is 80.2 Å². The standard InChI is InChI=1S/C39H64N2O10/c1-11-30-39(8,47)34(45)25(4)31(42)23(2)22-38(7,48-20-19-40-18-17-28-15-13-12-14-16-28)35(26(5)32(43)27(6)36(46)50-30)51-37-33(44)29(41(9)10)21-24(3)49-37/h12-16,23-27,29-30,33-35,37,40,44-45,47H,11,17-22H2,1-10H3/t23-,24-,25+,26+,27-,29+,30-,33-,34-,35-,37+,38-,39-/m1/s1. The van der Waals surface area contributed by atoms with Gasteiger partial charge in [0.2, 0.25) is 0 Å². The number of aliphatic hydroxyl groups excluding tert-OH is 2. The molecule has 0 saturated carbocycles. The molecule has 12 heteroatoms. The number of ketones is 2. The molecule has 0 aliphatic carbocycles. The van der Waals surface area contributed by atoms with E-state index in [0.29, 0.717) is 19.5 Å². The lowest BCUT2D eigenvalue weighted by molar-refractivity contribution is -0.297. The Morgan fingerprint density at radius 1 is 0.961 bits per heavy atom. The lowest BCUT2D eigenvalue weighted by atomic mass is 9.74. The molecular formula is C39H64N2O10. The molecule has 2 saturated heterocycles. The second-order valence-electron chi connectivity index (χ2n) is 15.5. The summed E-state index contributed by atoms with van der Waals surface area (Å²) in [6.07, 6.45) is -4.71. The largest absolute Gasteiger partial charge is 0.459 e. The molecule has 4 N–H and O–H groups in total. The van der Waals surface area contributed by atoms with E-state index in [1.54, 1.807) is 34.6 Å². The summed E-state index contributed by atoms with van der Waals surface area (Å²) in [7, 11) is 3.73. The van der Waals surface area contributed by atoms with E-state index >= 15 is 0 Å². The fraction of sp³-hybridized carbons (Fsp3) is 0.769. The summed E-state index contributed by atoms with van der Waals surface area (Å²) in [6.45, 7) is 14.4. The van der Waals surface area contributed by atoms with Crippen molar-refractivity contribution >= 4 is 17.5 Å². The molecule has 0 amide bonds. The van der Waals surface area contributed by atoms with Crippen molar-refractivity contribution in [3.63, 3.8) is 0 Å². The number of hydrogen-bond acceptors (Lipinski definition) is 12. The maximum absolute atomic E-state index is 14.2. The molecule has 51 heavy (non-hydrogen) atoms. The van der Waals surface area contributed by atoms with Gasteiger partial charge in [-0.05, 0) is 79.6 Å². The topological polar surface area (TPSA) is 164 Å². The van der Waals surface area contributed by atoms with Crippen molar-refractivity contribution in [2.75, 3.05) is 33.8 Å². The van der Waals surface area contributed by atoms with Gasteiger partial charge in [-0.3, -0.25) is 14.4 Å². The number of nitrogens with one attached hydrogen (secondary N) is 1. The molecular weight excluding hydrogens is 656 g/mol. The Labute approximate surface area is 304 Å². The molecule has 0 bridgehead atoms. The van der Waals surface area contributed by atoms with Crippen molar-refractivity contribution in [2.45, 2.75) is 135 Å². The summed E-state index contributed by atoms with van der Waals surface area (Å²) in [5.74, 6) is -5.69. The van der Waals surface area contributed by atoms with Gasteiger partial charge in [-0.1, -0.05) is 58.0 Å². The molecule has 1 aromatic rings. The van der Waals surface area contributed by atoms with Gasteiger partial charge in [-0.2, -0.15) is 0 Å². The molecule has 3 rings (SSSR count). The predicted molar refractivity (Wildman–Crippen MR) is 193 cm³/mol. The minimum Gasteiger partial charge on any atom is -0.459 e. The fourth-order valence-electron chi connectivity index (χ4n) is 7.73. The van der Waals surface area contributed by atoms with Crippen molar-refractivity contribution in [1.29, 1.82) is 0 Å². The van der Waals surface area contributed by atoms with E-state index in [-0.39, 0.29) is 37.4 Å². The van der Waals surface area contributed by atoms with Crippen LogP contribution >= 0.6 is 0 Å². The zero-order valence-corrected chi connectivity index (χ0v) is 32.3. The highest BCUT2D eigenvalue weighted by Crippen LogP contribution is 2.38. The molecule has 0 radical (unpaired) electrons. The number of esters is 1. The van der Waals surface area contributed by atoms with E-state index < -0.39 is 77.3 Å². The molecule has 2 aliphatic rings. The second-order valence-corrected chi connectivity index (χ2v) is 15.5. The highest BCUT2D eigenvalue weighted by Gasteiger charge is 2.52. The minimum absolute atomic E-state index is 0.0723. The maximum Gasteiger partial charge on any atom is 0.316 e. The third-order valence-electron chi connectivity index (χ3n) is 11.0. The van der Waals surface area contributed by atoms with Crippen LogP contribution in [0.15, 0.2) is 30.3 Å². The van der Waals surface area contributed by atoms with E-state index in [1.807, 2.05) is 44.1 Å². The minimum atomic E-state index is -1.97. The summed E-state index contributed by atoms with van der Waals surface area (Å²) < 4.78 is 25.1. The fourth-order valence-corrected chi connectivity index (χ4v) is 7.73. The highest BCUT2D eigenvalue weighted by atomic mass is 16.7. The maximum atomic E-state index is 14.2. The first kappa shape index (κ1) is 43.1. The Balaban J connectivity index is 2.03. The average molecular weight is 721 g/mol. The first-order chi connectivity index (χ1) is 23.8. The van der Waals surface area contributed by atoms with E-state index in [0.717, 1.165) is 6.42 Å².